The summed E-state index contributed by atoms with van der Waals surface area (Å²) in [7, 11) is 1.17. The Morgan fingerprint density at radius 1 is 1.23 bits per heavy atom. The number of carboxylic acids is 1. The molecule has 0 amide bonds. The number of esters is 1. The molecule has 1 aromatic carbocycles. The standard InChI is InChI=1S/C19H21NO6/c1-18(2,3)26-17(24)20-10-12(11-7-5-6-8-14(11)20)13-9-19(13,15(21)22)16(23)25-4/h5-8,10,13H,9H2,1-4H3,(H,21,22)/t13-,19+/m1/s1. The number of nitrogens with zero attached hydrogens (tertiary/aromatic N) is 1. The molecular formula is C19H21NO6. The number of benzene rings is 1. The van der Waals surface area contributed by atoms with E-state index in [1.165, 1.54) is 11.7 Å². The highest BCUT2D eigenvalue weighted by atomic mass is 16.6. The first-order valence-corrected chi connectivity index (χ1v) is 8.27. The maximum absolute atomic E-state index is 12.5. The van der Waals surface area contributed by atoms with Crippen LogP contribution in [0.5, 0.6) is 0 Å². The van der Waals surface area contributed by atoms with Crippen molar-refractivity contribution < 1.29 is 29.0 Å². The quantitative estimate of drug-likeness (QED) is 0.668. The number of aliphatic carboxylic acids is 1. The van der Waals surface area contributed by atoms with E-state index < -0.39 is 35.0 Å². The largest absolute Gasteiger partial charge is 0.480 e. The van der Waals surface area contributed by atoms with E-state index in [2.05, 4.69) is 0 Å². The molecule has 7 nitrogen and oxygen atoms in total. The smallest absolute Gasteiger partial charge is 0.419 e. The highest BCUT2D eigenvalue weighted by Gasteiger charge is 2.68. The van der Waals surface area contributed by atoms with Crippen LogP contribution in [0, 0.1) is 5.41 Å². The normalized spacial score (nSPS) is 22.1. The first-order valence-electron chi connectivity index (χ1n) is 8.27. The molecule has 3 rings (SSSR count). The van der Waals surface area contributed by atoms with E-state index in [9.17, 15) is 19.5 Å². The van der Waals surface area contributed by atoms with Gasteiger partial charge in [-0.2, -0.15) is 0 Å². The SMILES string of the molecule is COC(=O)[C@@]1(C(=O)O)C[C@@H]1c1cn(C(=O)OC(C)(C)C)c2ccccc12. The lowest BCUT2D eigenvalue weighted by atomic mass is 9.99. The van der Waals surface area contributed by atoms with Gasteiger partial charge in [-0.25, -0.2) is 4.79 Å². The molecule has 7 heteroatoms. The summed E-state index contributed by atoms with van der Waals surface area (Å²) in [6, 6.07) is 7.14. The van der Waals surface area contributed by atoms with E-state index in [1.54, 1.807) is 51.2 Å². The second kappa shape index (κ2) is 5.86. The molecule has 2 aromatic rings. The lowest BCUT2D eigenvalue weighted by Gasteiger charge is -2.19. The number of methoxy groups -OCH3 is 1. The summed E-state index contributed by atoms with van der Waals surface area (Å²) in [6.07, 6.45) is 1.15. The molecule has 1 heterocycles. The monoisotopic (exact) mass is 359 g/mol. The van der Waals surface area contributed by atoms with Crippen molar-refractivity contribution in [3.05, 3.63) is 36.0 Å². The van der Waals surface area contributed by atoms with Gasteiger partial charge >= 0.3 is 18.0 Å². The zero-order chi connectivity index (χ0) is 19.3. The van der Waals surface area contributed by atoms with Gasteiger partial charge in [-0.3, -0.25) is 14.2 Å². The Labute approximate surface area is 150 Å². The third-order valence-electron chi connectivity index (χ3n) is 4.60. The fourth-order valence-corrected chi connectivity index (χ4v) is 3.32. The van der Waals surface area contributed by atoms with Crippen LogP contribution in [0.2, 0.25) is 0 Å². The van der Waals surface area contributed by atoms with Crippen LogP contribution in [0.15, 0.2) is 30.5 Å². The number of fused-ring (bicyclic) bond motifs is 1. The Hall–Kier alpha value is -2.83. The van der Waals surface area contributed by atoms with Crippen molar-refractivity contribution in [1.82, 2.24) is 4.57 Å². The van der Waals surface area contributed by atoms with Crippen LogP contribution >= 0.6 is 0 Å². The van der Waals surface area contributed by atoms with Crippen molar-refractivity contribution in [3.8, 4) is 0 Å². The second-order valence-corrected chi connectivity index (χ2v) is 7.48. The van der Waals surface area contributed by atoms with E-state index in [0.29, 0.717) is 11.1 Å². The third kappa shape index (κ3) is 2.73. The summed E-state index contributed by atoms with van der Waals surface area (Å²) >= 11 is 0. The molecule has 0 radical (unpaired) electrons. The van der Waals surface area contributed by atoms with Gasteiger partial charge in [0.15, 0.2) is 5.41 Å². The average molecular weight is 359 g/mol. The number of ether oxygens (including phenoxy) is 2. The molecule has 1 N–H and O–H groups in total. The predicted octanol–water partition coefficient (Wildman–Crippen LogP) is 3.16. The second-order valence-electron chi connectivity index (χ2n) is 7.48. The van der Waals surface area contributed by atoms with Gasteiger partial charge < -0.3 is 14.6 Å². The van der Waals surface area contributed by atoms with Crippen LogP contribution in [0.4, 0.5) is 4.79 Å². The molecule has 1 aliphatic carbocycles. The van der Waals surface area contributed by atoms with Gasteiger partial charge in [-0.15, -0.1) is 0 Å². The fourth-order valence-electron chi connectivity index (χ4n) is 3.32. The summed E-state index contributed by atoms with van der Waals surface area (Å²) in [6.45, 7) is 5.31. The third-order valence-corrected chi connectivity index (χ3v) is 4.60. The summed E-state index contributed by atoms with van der Waals surface area (Å²) < 4.78 is 11.5. The van der Waals surface area contributed by atoms with Crippen molar-refractivity contribution in [1.29, 1.82) is 0 Å². The molecule has 1 fully saturated rings. The van der Waals surface area contributed by atoms with Crippen LogP contribution in [0.1, 0.15) is 38.7 Å². The molecule has 1 aliphatic rings. The van der Waals surface area contributed by atoms with Gasteiger partial charge in [-0.05, 0) is 38.8 Å². The Morgan fingerprint density at radius 3 is 2.46 bits per heavy atom. The highest BCUT2D eigenvalue weighted by molar-refractivity contribution is 6.05. The molecule has 0 bridgehead atoms. The first kappa shape index (κ1) is 18.0. The molecule has 1 saturated carbocycles. The van der Waals surface area contributed by atoms with E-state index in [0.717, 1.165) is 5.39 Å². The van der Waals surface area contributed by atoms with Crippen molar-refractivity contribution >= 4 is 28.9 Å². The van der Waals surface area contributed by atoms with Crippen LogP contribution in [-0.4, -0.2) is 40.4 Å². The topological polar surface area (TPSA) is 94.8 Å². The Balaban J connectivity index is 2.08. The first-order chi connectivity index (χ1) is 12.1. The molecule has 1 aromatic heterocycles. The lowest BCUT2D eigenvalue weighted by molar-refractivity contribution is -0.159. The molecule has 0 unspecified atom stereocenters. The minimum atomic E-state index is -1.60. The average Bonchev–Trinajstić information content (AvgIpc) is 3.20. The van der Waals surface area contributed by atoms with Crippen molar-refractivity contribution in [2.45, 2.75) is 38.7 Å². The number of aromatic nitrogens is 1. The predicted molar refractivity (Wildman–Crippen MR) is 93.0 cm³/mol. The highest BCUT2D eigenvalue weighted by Crippen LogP contribution is 2.61. The van der Waals surface area contributed by atoms with E-state index in [1.807, 2.05) is 0 Å². The number of carbonyl (C=O) groups is 3. The lowest BCUT2D eigenvalue weighted by Crippen LogP contribution is -2.28. The summed E-state index contributed by atoms with van der Waals surface area (Å²) in [4.78, 5) is 36.4. The Morgan fingerprint density at radius 2 is 1.88 bits per heavy atom. The molecule has 26 heavy (non-hydrogen) atoms. The minimum absolute atomic E-state index is 0.136. The number of hydrogen-bond acceptors (Lipinski definition) is 5. The van der Waals surface area contributed by atoms with Gasteiger partial charge in [0.05, 0.1) is 12.6 Å². The summed E-state index contributed by atoms with van der Waals surface area (Å²) in [5.41, 5.74) is -1.04. The molecule has 2 atom stereocenters. The number of para-hydroxylation sites is 1. The number of carbonyl (C=O) groups excluding carboxylic acids is 2. The van der Waals surface area contributed by atoms with Gasteiger partial charge in [0.2, 0.25) is 0 Å². The van der Waals surface area contributed by atoms with Gasteiger partial charge in [0.25, 0.3) is 0 Å². The molecular weight excluding hydrogens is 338 g/mol. The van der Waals surface area contributed by atoms with Crippen LogP contribution in [0.25, 0.3) is 10.9 Å². The van der Waals surface area contributed by atoms with Crippen LogP contribution in [0.3, 0.4) is 0 Å². The van der Waals surface area contributed by atoms with E-state index in [4.69, 9.17) is 9.47 Å². The molecule has 0 saturated heterocycles. The molecule has 0 spiro atoms. The zero-order valence-electron chi connectivity index (χ0n) is 15.1. The zero-order valence-corrected chi connectivity index (χ0v) is 15.1. The molecule has 138 valence electrons. The van der Waals surface area contributed by atoms with Crippen molar-refractivity contribution in [3.63, 3.8) is 0 Å². The molecule has 0 aliphatic heterocycles. The van der Waals surface area contributed by atoms with Gasteiger partial charge in [-0.1, -0.05) is 18.2 Å². The maximum atomic E-state index is 12.5. The van der Waals surface area contributed by atoms with E-state index >= 15 is 0 Å². The Bertz CT molecular complexity index is 906. The number of rotatable bonds is 3. The van der Waals surface area contributed by atoms with Gasteiger partial charge in [0, 0.05) is 17.5 Å². The summed E-state index contributed by atoms with van der Waals surface area (Å²) in [5, 5.41) is 10.3. The van der Waals surface area contributed by atoms with Crippen LogP contribution < -0.4 is 0 Å². The maximum Gasteiger partial charge on any atom is 0.419 e. The Kier molecular flexibility index (Phi) is 4.05. The number of carboxylic acid groups (broad SMARTS) is 1. The van der Waals surface area contributed by atoms with Gasteiger partial charge in [0.1, 0.15) is 5.60 Å². The fraction of sp³-hybridized carbons (Fsp3) is 0.421. The van der Waals surface area contributed by atoms with Crippen molar-refractivity contribution in [2.75, 3.05) is 7.11 Å². The minimum Gasteiger partial charge on any atom is -0.480 e. The van der Waals surface area contributed by atoms with Crippen LogP contribution in [-0.2, 0) is 19.1 Å². The van der Waals surface area contributed by atoms with E-state index in [-0.39, 0.29) is 6.42 Å². The number of hydrogen-bond donors (Lipinski definition) is 1. The summed E-state index contributed by atoms with van der Waals surface area (Å²) in [5.74, 6) is -2.55. The van der Waals surface area contributed by atoms with Crippen molar-refractivity contribution in [2.24, 2.45) is 5.41 Å².